The van der Waals surface area contributed by atoms with Crippen LogP contribution in [0.3, 0.4) is 0 Å². The summed E-state index contributed by atoms with van der Waals surface area (Å²) in [6.07, 6.45) is 3.83. The second-order valence-corrected chi connectivity index (χ2v) is 5.13. The lowest BCUT2D eigenvalue weighted by atomic mass is 10.1. The number of hydrogen-bond donors (Lipinski definition) is 1. The maximum Gasteiger partial charge on any atom is 0.159 e. The molecule has 3 rings (SSSR count). The minimum absolute atomic E-state index is 0.987. The van der Waals surface area contributed by atoms with Gasteiger partial charge in [0, 0.05) is 36.6 Å². The predicted molar refractivity (Wildman–Crippen MR) is 79.9 cm³/mol. The molecule has 1 saturated heterocycles. The summed E-state index contributed by atoms with van der Waals surface area (Å²) in [7, 11) is 1.95. The summed E-state index contributed by atoms with van der Waals surface area (Å²) in [6, 6.07) is 6.33. The molecular weight excluding hydrogens is 236 g/mol. The Morgan fingerprint density at radius 2 is 1.89 bits per heavy atom. The number of fused-ring (bicyclic) bond motifs is 1. The number of aromatic nitrogens is 2. The molecule has 1 fully saturated rings. The number of aryl methyl sites for hydroxylation is 1. The van der Waals surface area contributed by atoms with Gasteiger partial charge in [-0.05, 0) is 32.3 Å². The number of nitrogens with zero attached hydrogens (tertiary/aromatic N) is 3. The summed E-state index contributed by atoms with van der Waals surface area (Å²) in [5.74, 6) is 1.04. The van der Waals surface area contributed by atoms with Gasteiger partial charge >= 0.3 is 0 Å². The van der Waals surface area contributed by atoms with Gasteiger partial charge in [-0.1, -0.05) is 12.1 Å². The van der Waals surface area contributed by atoms with Gasteiger partial charge in [0.2, 0.25) is 0 Å². The van der Waals surface area contributed by atoms with Gasteiger partial charge in [0.15, 0.2) is 5.82 Å². The molecule has 4 heteroatoms. The zero-order valence-corrected chi connectivity index (χ0v) is 11.6. The maximum absolute atomic E-state index is 4.45. The summed E-state index contributed by atoms with van der Waals surface area (Å²) in [5, 5.41) is 14.5. The van der Waals surface area contributed by atoms with E-state index in [2.05, 4.69) is 38.6 Å². The van der Waals surface area contributed by atoms with E-state index in [1.807, 2.05) is 14.0 Å². The minimum atomic E-state index is 0.987. The van der Waals surface area contributed by atoms with Crippen LogP contribution in [-0.2, 0) is 0 Å². The van der Waals surface area contributed by atoms with Gasteiger partial charge in [-0.25, -0.2) is 0 Å². The molecule has 0 saturated carbocycles. The third-order valence-electron chi connectivity index (χ3n) is 3.89. The Kier molecular flexibility index (Phi) is 3.23. The molecule has 2 aromatic rings. The topological polar surface area (TPSA) is 41.0 Å². The number of hydrogen-bond acceptors (Lipinski definition) is 4. The van der Waals surface area contributed by atoms with E-state index >= 15 is 0 Å². The van der Waals surface area contributed by atoms with Crippen LogP contribution in [0.2, 0.25) is 0 Å². The van der Waals surface area contributed by atoms with Gasteiger partial charge in [0.1, 0.15) is 0 Å². The van der Waals surface area contributed by atoms with Gasteiger partial charge in [-0.2, -0.15) is 5.10 Å². The molecule has 1 aromatic carbocycles. The van der Waals surface area contributed by atoms with Crippen LogP contribution in [0.4, 0.5) is 11.5 Å². The first-order valence-electron chi connectivity index (χ1n) is 7.00. The average Bonchev–Trinajstić information content (AvgIpc) is 2.48. The average molecular weight is 256 g/mol. The van der Waals surface area contributed by atoms with E-state index in [-0.39, 0.29) is 0 Å². The molecule has 1 aromatic heterocycles. The molecule has 19 heavy (non-hydrogen) atoms. The Hall–Kier alpha value is -1.84. The third-order valence-corrected chi connectivity index (χ3v) is 3.89. The summed E-state index contributed by atoms with van der Waals surface area (Å²) in [6.45, 7) is 4.21. The Balaban J connectivity index is 2.17. The van der Waals surface area contributed by atoms with E-state index in [4.69, 9.17) is 0 Å². The maximum atomic E-state index is 4.45. The molecule has 0 radical (unpaired) electrons. The SMILES string of the molecule is CNc1cccc2c(N3CCCCC3)nnc(C)c12. The van der Waals surface area contributed by atoms with E-state index in [1.54, 1.807) is 0 Å². The molecule has 0 aliphatic carbocycles. The van der Waals surface area contributed by atoms with Crippen molar-refractivity contribution in [2.75, 3.05) is 30.4 Å². The van der Waals surface area contributed by atoms with Crippen LogP contribution >= 0.6 is 0 Å². The zero-order valence-electron chi connectivity index (χ0n) is 11.6. The molecule has 2 heterocycles. The van der Waals surface area contributed by atoms with E-state index in [9.17, 15) is 0 Å². The highest BCUT2D eigenvalue weighted by atomic mass is 15.3. The molecule has 1 aliphatic rings. The highest BCUT2D eigenvalue weighted by molar-refractivity contribution is 6.01. The number of piperidine rings is 1. The second-order valence-electron chi connectivity index (χ2n) is 5.13. The van der Waals surface area contributed by atoms with Gasteiger partial charge < -0.3 is 10.2 Å². The summed E-state index contributed by atoms with van der Waals surface area (Å²) in [4.78, 5) is 2.37. The zero-order chi connectivity index (χ0) is 13.2. The third kappa shape index (κ3) is 2.11. The first-order valence-corrected chi connectivity index (χ1v) is 7.00. The highest BCUT2D eigenvalue weighted by Crippen LogP contribution is 2.32. The van der Waals surface area contributed by atoms with E-state index in [0.717, 1.165) is 30.3 Å². The van der Waals surface area contributed by atoms with Crippen molar-refractivity contribution < 1.29 is 0 Å². The number of anilines is 2. The van der Waals surface area contributed by atoms with Gasteiger partial charge in [0.05, 0.1) is 5.69 Å². The van der Waals surface area contributed by atoms with Gasteiger partial charge in [-0.15, -0.1) is 5.10 Å². The summed E-state index contributed by atoms with van der Waals surface area (Å²) >= 11 is 0. The van der Waals surface area contributed by atoms with Crippen molar-refractivity contribution in [3.05, 3.63) is 23.9 Å². The molecule has 1 N–H and O–H groups in total. The van der Waals surface area contributed by atoms with Gasteiger partial charge in [0.25, 0.3) is 0 Å². The Bertz CT molecular complexity index is 588. The minimum Gasteiger partial charge on any atom is -0.388 e. The van der Waals surface area contributed by atoms with Crippen LogP contribution in [0.5, 0.6) is 0 Å². The lowest BCUT2D eigenvalue weighted by Crippen LogP contribution is -2.30. The van der Waals surface area contributed by atoms with Crippen molar-refractivity contribution in [2.45, 2.75) is 26.2 Å². The number of benzene rings is 1. The molecule has 4 nitrogen and oxygen atoms in total. The smallest absolute Gasteiger partial charge is 0.159 e. The first kappa shape index (κ1) is 12.2. The van der Waals surface area contributed by atoms with Crippen molar-refractivity contribution in [3.8, 4) is 0 Å². The normalized spacial score (nSPS) is 15.8. The van der Waals surface area contributed by atoms with Crippen LogP contribution in [0.1, 0.15) is 25.0 Å². The molecule has 0 spiro atoms. The van der Waals surface area contributed by atoms with E-state index < -0.39 is 0 Å². The lowest BCUT2D eigenvalue weighted by Gasteiger charge is -2.28. The molecule has 100 valence electrons. The van der Waals surface area contributed by atoms with Crippen molar-refractivity contribution in [2.24, 2.45) is 0 Å². The predicted octanol–water partition coefficient (Wildman–Crippen LogP) is 2.97. The largest absolute Gasteiger partial charge is 0.388 e. The fourth-order valence-electron chi connectivity index (χ4n) is 2.90. The van der Waals surface area contributed by atoms with Crippen molar-refractivity contribution in [1.82, 2.24) is 10.2 Å². The van der Waals surface area contributed by atoms with Crippen molar-refractivity contribution in [1.29, 1.82) is 0 Å². The molecule has 1 aliphatic heterocycles. The van der Waals surface area contributed by atoms with Crippen molar-refractivity contribution in [3.63, 3.8) is 0 Å². The van der Waals surface area contributed by atoms with Gasteiger partial charge in [-0.3, -0.25) is 0 Å². The Morgan fingerprint density at radius 1 is 1.11 bits per heavy atom. The standard InChI is InChI=1S/C15H20N4/c1-11-14-12(7-6-8-13(14)16-2)15(18-17-11)19-9-4-3-5-10-19/h6-8,16H,3-5,9-10H2,1-2H3. The fourth-order valence-corrected chi connectivity index (χ4v) is 2.90. The monoisotopic (exact) mass is 256 g/mol. The number of nitrogens with one attached hydrogen (secondary N) is 1. The van der Waals surface area contributed by atoms with Crippen LogP contribution in [0.25, 0.3) is 10.8 Å². The quantitative estimate of drug-likeness (QED) is 0.897. The van der Waals surface area contributed by atoms with Crippen LogP contribution < -0.4 is 10.2 Å². The second kappa shape index (κ2) is 5.03. The van der Waals surface area contributed by atoms with E-state index in [0.29, 0.717) is 0 Å². The lowest BCUT2D eigenvalue weighted by molar-refractivity contribution is 0.572. The number of rotatable bonds is 2. The molecule has 0 bridgehead atoms. The Morgan fingerprint density at radius 3 is 2.63 bits per heavy atom. The van der Waals surface area contributed by atoms with Crippen LogP contribution in [0.15, 0.2) is 18.2 Å². The first-order chi connectivity index (χ1) is 9.31. The summed E-state index contributed by atoms with van der Waals surface area (Å²) < 4.78 is 0. The molecular formula is C15H20N4. The molecule has 0 atom stereocenters. The van der Waals surface area contributed by atoms with Crippen LogP contribution in [0, 0.1) is 6.92 Å². The van der Waals surface area contributed by atoms with Crippen LogP contribution in [-0.4, -0.2) is 30.3 Å². The fraction of sp³-hybridized carbons (Fsp3) is 0.467. The Labute approximate surface area is 113 Å². The van der Waals surface area contributed by atoms with E-state index in [1.165, 1.54) is 30.0 Å². The highest BCUT2D eigenvalue weighted by Gasteiger charge is 2.17. The van der Waals surface area contributed by atoms with Crippen molar-refractivity contribution >= 4 is 22.3 Å². The molecule has 0 amide bonds. The summed E-state index contributed by atoms with van der Waals surface area (Å²) in [5.41, 5.74) is 2.11. The molecule has 0 unspecified atom stereocenters.